The molecular weight excluding hydrogens is 743 g/mol. The maximum atomic E-state index is 5.90. The monoisotopic (exact) mass is 785 g/mol. The topological polar surface area (TPSA) is 37.8 Å². The highest BCUT2D eigenvalue weighted by Gasteiger charge is 2.31. The van der Waals surface area contributed by atoms with Crippen molar-refractivity contribution in [1.82, 2.24) is 18.8 Å². The molecule has 0 unspecified atom stereocenters. The van der Waals surface area contributed by atoms with Gasteiger partial charge in [-0.15, -0.1) is 0 Å². The first-order chi connectivity index (χ1) is 29.5. The summed E-state index contributed by atoms with van der Waals surface area (Å²) in [5, 5.41) is 12.2. The van der Waals surface area contributed by atoms with Crippen molar-refractivity contribution >= 4 is 115 Å². The number of para-hydroxylation sites is 2. The molecule has 0 aliphatic carbocycles. The van der Waals surface area contributed by atoms with E-state index in [0.717, 1.165) is 61.2 Å². The fraction of sp³-hybridized carbons (Fsp3) is 0.143. The van der Waals surface area contributed by atoms with Crippen LogP contribution in [0.5, 0.6) is 0 Å². The Labute approximate surface area is 352 Å². The van der Waals surface area contributed by atoms with Crippen molar-refractivity contribution in [2.75, 3.05) is 4.90 Å². The molecule has 0 fully saturated rings. The number of fused-ring (bicyclic) bond motifs is 16. The predicted octanol–water partition coefficient (Wildman–Crippen LogP) is 15.1. The van der Waals surface area contributed by atoms with Gasteiger partial charge in [-0.05, 0) is 104 Å². The van der Waals surface area contributed by atoms with Crippen LogP contribution in [0.25, 0.3) is 98.3 Å². The first-order valence-corrected chi connectivity index (χ1v) is 21.4. The van der Waals surface area contributed by atoms with Gasteiger partial charge in [0, 0.05) is 43.7 Å². The molecule has 5 heteroatoms. The Morgan fingerprint density at radius 2 is 0.951 bits per heavy atom. The third kappa shape index (κ3) is 4.61. The van der Waals surface area contributed by atoms with Gasteiger partial charge in [0.1, 0.15) is 11.0 Å². The fourth-order valence-electron chi connectivity index (χ4n) is 10.4. The van der Waals surface area contributed by atoms with E-state index < -0.39 is 0 Å². The number of hydrogen-bond donors (Lipinski definition) is 0. The van der Waals surface area contributed by atoms with Crippen molar-refractivity contribution in [3.05, 3.63) is 163 Å². The lowest BCUT2D eigenvalue weighted by molar-refractivity contribution is 0.591. The summed E-state index contributed by atoms with van der Waals surface area (Å²) in [6, 6.07) is 55.8. The molecule has 0 radical (unpaired) electrons. The summed E-state index contributed by atoms with van der Waals surface area (Å²) in [6.45, 7) is 13.9. The van der Waals surface area contributed by atoms with Crippen LogP contribution < -0.4 is 4.90 Å². The molecule has 61 heavy (non-hydrogen) atoms. The van der Waals surface area contributed by atoms with E-state index >= 15 is 0 Å². The van der Waals surface area contributed by atoms with Gasteiger partial charge in [0.25, 0.3) is 0 Å². The third-order valence-electron chi connectivity index (χ3n) is 13.4. The standard InChI is InChI=1S/C56H43N5/c1-55(2,3)34-28-40-41-29-35(56(4,5)6)31-45(59(36-19-9-7-10-20-36)37-21-11-8-12-22-37)51(41)61-50(40)43(30-34)48-53(61)58-49-47-39-24-16-14-18-33(39)27-42-46-38-23-15-13-17-32(38)25-26-44(46)60(52(42)47)54(49)57-48/h7-31H,1-6H3. The summed E-state index contributed by atoms with van der Waals surface area (Å²) in [6.07, 6.45) is 0. The number of rotatable bonds is 3. The number of hydrogen-bond acceptors (Lipinski definition) is 3. The molecule has 8 aromatic carbocycles. The van der Waals surface area contributed by atoms with Gasteiger partial charge < -0.3 is 4.90 Å². The third-order valence-corrected chi connectivity index (χ3v) is 13.4. The predicted molar refractivity (Wildman–Crippen MR) is 258 cm³/mol. The van der Waals surface area contributed by atoms with Crippen LogP contribution in [0.4, 0.5) is 17.1 Å². The quantitative estimate of drug-likeness (QED) is 0.179. The highest BCUT2D eigenvalue weighted by molar-refractivity contribution is 6.34. The minimum atomic E-state index is -0.106. The minimum Gasteiger partial charge on any atom is -0.308 e. The summed E-state index contributed by atoms with van der Waals surface area (Å²) < 4.78 is 4.86. The molecule has 0 saturated heterocycles. The first-order valence-electron chi connectivity index (χ1n) is 21.4. The summed E-state index contributed by atoms with van der Waals surface area (Å²) in [4.78, 5) is 14.2. The van der Waals surface area contributed by atoms with Crippen LogP contribution in [0.2, 0.25) is 0 Å². The van der Waals surface area contributed by atoms with Crippen LogP contribution in [0, 0.1) is 0 Å². The van der Waals surface area contributed by atoms with Gasteiger partial charge in [-0.25, -0.2) is 9.97 Å². The number of benzene rings is 8. The second kappa shape index (κ2) is 11.7. The molecule has 292 valence electrons. The van der Waals surface area contributed by atoms with Gasteiger partial charge in [-0.3, -0.25) is 8.80 Å². The summed E-state index contributed by atoms with van der Waals surface area (Å²) in [5.41, 5.74) is 14.0. The molecule has 0 aliphatic heterocycles. The molecule has 13 rings (SSSR count). The Morgan fingerprint density at radius 3 is 1.62 bits per heavy atom. The van der Waals surface area contributed by atoms with Crippen molar-refractivity contribution < 1.29 is 0 Å². The molecule has 5 heterocycles. The Bertz CT molecular complexity index is 3900. The Hall–Kier alpha value is -7.24. The molecule has 5 nitrogen and oxygen atoms in total. The molecule has 0 saturated carbocycles. The van der Waals surface area contributed by atoms with Gasteiger partial charge in [-0.1, -0.05) is 133 Å². The molecule has 0 aliphatic rings. The molecule has 5 aromatic heterocycles. The largest absolute Gasteiger partial charge is 0.308 e. The zero-order valence-electron chi connectivity index (χ0n) is 35.2. The van der Waals surface area contributed by atoms with Crippen LogP contribution in [-0.2, 0) is 10.8 Å². The lowest BCUT2D eigenvalue weighted by Crippen LogP contribution is -2.15. The zero-order valence-corrected chi connectivity index (χ0v) is 35.2. The SMILES string of the molecule is CC(C)(C)c1cc(N(c2ccccc2)c2ccccc2)c2c(c1)c1cc(C(C)(C)C)cc3c4nc5c(nc4n2c13)c1c2ccccc2cc2c3c4ccccc4ccc3n5c21. The van der Waals surface area contributed by atoms with Gasteiger partial charge in [-0.2, -0.15) is 0 Å². The average molecular weight is 786 g/mol. The van der Waals surface area contributed by atoms with Gasteiger partial charge in [0.05, 0.1) is 27.8 Å². The number of anilines is 3. The maximum absolute atomic E-state index is 5.90. The van der Waals surface area contributed by atoms with E-state index in [2.05, 4.69) is 207 Å². The van der Waals surface area contributed by atoms with E-state index in [-0.39, 0.29) is 10.8 Å². The smallest absolute Gasteiger partial charge is 0.165 e. The minimum absolute atomic E-state index is 0.102. The fourth-order valence-corrected chi connectivity index (χ4v) is 10.4. The van der Waals surface area contributed by atoms with Crippen molar-refractivity contribution in [2.45, 2.75) is 52.4 Å². The van der Waals surface area contributed by atoms with Crippen molar-refractivity contribution in [3.63, 3.8) is 0 Å². The van der Waals surface area contributed by atoms with Crippen LogP contribution >= 0.6 is 0 Å². The highest BCUT2D eigenvalue weighted by atomic mass is 15.2. The van der Waals surface area contributed by atoms with Crippen LogP contribution in [-0.4, -0.2) is 18.8 Å². The highest BCUT2D eigenvalue weighted by Crippen LogP contribution is 2.50. The van der Waals surface area contributed by atoms with Crippen molar-refractivity contribution in [1.29, 1.82) is 0 Å². The van der Waals surface area contributed by atoms with Gasteiger partial charge >= 0.3 is 0 Å². The first kappa shape index (κ1) is 34.6. The number of aromatic nitrogens is 4. The summed E-state index contributed by atoms with van der Waals surface area (Å²) in [5.74, 6) is 0. The van der Waals surface area contributed by atoms with E-state index in [1.54, 1.807) is 0 Å². The number of nitrogens with zero attached hydrogens (tertiary/aromatic N) is 5. The van der Waals surface area contributed by atoms with Gasteiger partial charge in [0.2, 0.25) is 0 Å². The second-order valence-electron chi connectivity index (χ2n) is 19.1. The van der Waals surface area contributed by atoms with E-state index in [9.17, 15) is 0 Å². The lowest BCUT2D eigenvalue weighted by Gasteiger charge is -2.29. The maximum Gasteiger partial charge on any atom is 0.165 e. The average Bonchev–Trinajstić information content (AvgIpc) is 3.98. The Balaban J connectivity index is 1.28. The van der Waals surface area contributed by atoms with Gasteiger partial charge in [0.15, 0.2) is 11.3 Å². The van der Waals surface area contributed by atoms with E-state index in [1.807, 2.05) is 0 Å². The Kier molecular flexibility index (Phi) is 6.66. The molecule has 0 amide bonds. The molecule has 13 aromatic rings. The summed E-state index contributed by atoms with van der Waals surface area (Å²) >= 11 is 0. The normalized spacial score (nSPS) is 13.1. The van der Waals surface area contributed by atoms with E-state index in [0.29, 0.717) is 0 Å². The lowest BCUT2D eigenvalue weighted by atomic mass is 9.84. The zero-order chi connectivity index (χ0) is 41.1. The van der Waals surface area contributed by atoms with Crippen LogP contribution in [0.15, 0.2) is 152 Å². The van der Waals surface area contributed by atoms with Crippen LogP contribution in [0.1, 0.15) is 52.7 Å². The summed E-state index contributed by atoms with van der Waals surface area (Å²) in [7, 11) is 0. The van der Waals surface area contributed by atoms with Crippen molar-refractivity contribution in [3.8, 4) is 0 Å². The van der Waals surface area contributed by atoms with E-state index in [4.69, 9.17) is 9.97 Å². The van der Waals surface area contributed by atoms with E-state index in [1.165, 1.54) is 65.3 Å². The molecule has 0 bridgehead atoms. The molecule has 0 spiro atoms. The van der Waals surface area contributed by atoms with Crippen molar-refractivity contribution in [2.24, 2.45) is 0 Å². The second-order valence-corrected chi connectivity index (χ2v) is 19.1. The Morgan fingerprint density at radius 1 is 0.410 bits per heavy atom. The molecule has 0 N–H and O–H groups in total. The molecular formula is C56H43N5. The van der Waals surface area contributed by atoms with Crippen LogP contribution in [0.3, 0.4) is 0 Å². The molecule has 0 atom stereocenters.